The number of likely N-dealkylation sites (tertiary alicyclic amines) is 1. The van der Waals surface area contributed by atoms with Crippen LogP contribution in [0.25, 0.3) is 10.8 Å². The van der Waals surface area contributed by atoms with Crippen molar-refractivity contribution in [2.75, 3.05) is 13.6 Å². The van der Waals surface area contributed by atoms with E-state index in [-0.39, 0.29) is 11.9 Å². The molecule has 0 spiro atoms. The quantitative estimate of drug-likeness (QED) is 0.669. The average Bonchev–Trinajstić information content (AvgIpc) is 3.17. The number of carbonyl (C=O) groups is 2. The number of nitrogens with one attached hydrogen (secondary N) is 1. The van der Waals surface area contributed by atoms with Crippen LogP contribution in [0.2, 0.25) is 0 Å². The molecular formula is C25H27N3O2. The summed E-state index contributed by atoms with van der Waals surface area (Å²) in [6, 6.07) is 22.4. The molecule has 1 saturated heterocycles. The van der Waals surface area contributed by atoms with Crippen molar-refractivity contribution in [2.45, 2.75) is 32.5 Å². The van der Waals surface area contributed by atoms with E-state index in [0.29, 0.717) is 26.1 Å². The summed E-state index contributed by atoms with van der Waals surface area (Å²) in [5, 5.41) is 5.35. The maximum Gasteiger partial charge on any atom is 0.317 e. The highest BCUT2D eigenvalue weighted by molar-refractivity contribution is 5.86. The zero-order valence-electron chi connectivity index (χ0n) is 17.3. The molecular weight excluding hydrogens is 374 g/mol. The monoisotopic (exact) mass is 401 g/mol. The van der Waals surface area contributed by atoms with Gasteiger partial charge >= 0.3 is 6.03 Å². The second-order valence-electron chi connectivity index (χ2n) is 7.89. The second-order valence-corrected chi connectivity index (χ2v) is 7.89. The van der Waals surface area contributed by atoms with Crippen LogP contribution in [-0.4, -0.2) is 35.3 Å². The summed E-state index contributed by atoms with van der Waals surface area (Å²) < 4.78 is 0. The summed E-state index contributed by atoms with van der Waals surface area (Å²) in [7, 11) is 1.81. The molecule has 1 aliphatic rings. The van der Waals surface area contributed by atoms with Gasteiger partial charge in [0.05, 0.1) is 0 Å². The van der Waals surface area contributed by atoms with Gasteiger partial charge in [-0.3, -0.25) is 4.79 Å². The lowest BCUT2D eigenvalue weighted by molar-refractivity contribution is -0.128. The molecule has 1 fully saturated rings. The van der Waals surface area contributed by atoms with Crippen LogP contribution < -0.4 is 5.32 Å². The average molecular weight is 402 g/mol. The molecule has 0 unspecified atom stereocenters. The highest BCUT2D eigenvalue weighted by atomic mass is 16.2. The molecule has 0 saturated carbocycles. The molecule has 3 aromatic carbocycles. The van der Waals surface area contributed by atoms with E-state index >= 15 is 0 Å². The van der Waals surface area contributed by atoms with E-state index < -0.39 is 0 Å². The van der Waals surface area contributed by atoms with Crippen molar-refractivity contribution < 1.29 is 9.59 Å². The van der Waals surface area contributed by atoms with Crippen molar-refractivity contribution >= 4 is 22.7 Å². The second kappa shape index (κ2) is 8.99. The topological polar surface area (TPSA) is 52.7 Å². The molecule has 0 aliphatic carbocycles. The number of nitrogens with zero attached hydrogens (tertiary/aromatic N) is 2. The van der Waals surface area contributed by atoms with Gasteiger partial charge in [-0.25, -0.2) is 4.79 Å². The predicted octanol–water partition coefficient (Wildman–Crippen LogP) is 4.30. The molecule has 0 atom stereocenters. The van der Waals surface area contributed by atoms with Gasteiger partial charge in [0.2, 0.25) is 5.91 Å². The van der Waals surface area contributed by atoms with Gasteiger partial charge in [0.15, 0.2) is 0 Å². The number of benzene rings is 3. The summed E-state index contributed by atoms with van der Waals surface area (Å²) in [4.78, 5) is 28.1. The van der Waals surface area contributed by atoms with Gasteiger partial charge in [-0.15, -0.1) is 0 Å². The van der Waals surface area contributed by atoms with Crippen molar-refractivity contribution in [1.82, 2.24) is 15.1 Å². The molecule has 0 radical (unpaired) electrons. The highest BCUT2D eigenvalue weighted by Crippen LogP contribution is 2.20. The van der Waals surface area contributed by atoms with Gasteiger partial charge in [0.1, 0.15) is 0 Å². The summed E-state index contributed by atoms with van der Waals surface area (Å²) in [6.45, 7) is 2.48. The van der Waals surface area contributed by atoms with E-state index in [2.05, 4.69) is 35.6 Å². The van der Waals surface area contributed by atoms with Gasteiger partial charge < -0.3 is 15.1 Å². The normalized spacial score (nSPS) is 13.6. The van der Waals surface area contributed by atoms with E-state index in [1.807, 2.05) is 48.3 Å². The summed E-state index contributed by atoms with van der Waals surface area (Å²) in [6.07, 6.45) is 1.59. The largest absolute Gasteiger partial charge is 0.338 e. The van der Waals surface area contributed by atoms with Crippen molar-refractivity contribution in [2.24, 2.45) is 0 Å². The molecule has 5 nitrogen and oxygen atoms in total. The first-order valence-corrected chi connectivity index (χ1v) is 10.4. The Kier molecular flexibility index (Phi) is 5.98. The number of urea groups is 1. The van der Waals surface area contributed by atoms with Crippen LogP contribution in [0.15, 0.2) is 66.7 Å². The molecule has 5 heteroatoms. The van der Waals surface area contributed by atoms with Gasteiger partial charge in [0, 0.05) is 39.6 Å². The Morgan fingerprint density at radius 3 is 2.63 bits per heavy atom. The molecule has 0 aromatic heterocycles. The zero-order valence-corrected chi connectivity index (χ0v) is 17.3. The molecule has 154 valence electrons. The number of hydrogen-bond acceptors (Lipinski definition) is 2. The van der Waals surface area contributed by atoms with Gasteiger partial charge in [-0.2, -0.15) is 0 Å². The standard InChI is InChI=1S/C25H27N3O2/c1-27(18-22-11-5-10-21-9-2-3-12-23(21)22)25(30)26-16-19-7-4-8-20(15-19)17-28-14-6-13-24(28)29/h2-5,7-12,15H,6,13-14,16-18H2,1H3,(H,26,30). The molecule has 1 aliphatic heterocycles. The first-order valence-electron chi connectivity index (χ1n) is 10.4. The van der Waals surface area contributed by atoms with Gasteiger partial charge in [-0.1, -0.05) is 66.7 Å². The minimum absolute atomic E-state index is 0.108. The van der Waals surface area contributed by atoms with Crippen LogP contribution in [0.5, 0.6) is 0 Å². The lowest BCUT2D eigenvalue weighted by atomic mass is 10.0. The van der Waals surface area contributed by atoms with Crippen LogP contribution >= 0.6 is 0 Å². The smallest absolute Gasteiger partial charge is 0.317 e. The lowest BCUT2D eigenvalue weighted by Crippen LogP contribution is -2.36. The highest BCUT2D eigenvalue weighted by Gasteiger charge is 2.20. The van der Waals surface area contributed by atoms with E-state index in [0.717, 1.165) is 29.7 Å². The van der Waals surface area contributed by atoms with E-state index in [9.17, 15) is 9.59 Å². The molecule has 0 bridgehead atoms. The molecule has 1 heterocycles. The van der Waals surface area contributed by atoms with Crippen LogP contribution in [0.4, 0.5) is 4.79 Å². The third-order valence-electron chi connectivity index (χ3n) is 5.61. The Labute approximate surface area is 177 Å². The first kappa shape index (κ1) is 20.0. The third-order valence-corrected chi connectivity index (χ3v) is 5.61. The van der Waals surface area contributed by atoms with Crippen molar-refractivity contribution in [1.29, 1.82) is 0 Å². The minimum atomic E-state index is -0.108. The number of amides is 3. The molecule has 4 rings (SSSR count). The first-order chi connectivity index (χ1) is 14.6. The maximum atomic E-state index is 12.6. The Bertz CT molecular complexity index is 1060. The molecule has 30 heavy (non-hydrogen) atoms. The third kappa shape index (κ3) is 4.62. The fourth-order valence-electron chi connectivity index (χ4n) is 4.00. The fraction of sp³-hybridized carbons (Fsp3) is 0.280. The van der Waals surface area contributed by atoms with Crippen molar-refractivity contribution in [3.63, 3.8) is 0 Å². The van der Waals surface area contributed by atoms with Gasteiger partial charge in [0.25, 0.3) is 0 Å². The minimum Gasteiger partial charge on any atom is -0.338 e. The molecule has 3 amide bonds. The van der Waals surface area contributed by atoms with Crippen LogP contribution in [0.3, 0.4) is 0 Å². The van der Waals surface area contributed by atoms with Crippen molar-refractivity contribution in [3.05, 3.63) is 83.4 Å². The summed E-state index contributed by atoms with van der Waals surface area (Å²) in [5.41, 5.74) is 3.26. The van der Waals surface area contributed by atoms with Crippen LogP contribution in [-0.2, 0) is 24.4 Å². The number of rotatable bonds is 6. The Morgan fingerprint density at radius 1 is 1.03 bits per heavy atom. The predicted molar refractivity (Wildman–Crippen MR) is 119 cm³/mol. The Morgan fingerprint density at radius 2 is 1.80 bits per heavy atom. The Balaban J connectivity index is 1.35. The number of carbonyl (C=O) groups excluding carboxylic acids is 2. The summed E-state index contributed by atoms with van der Waals surface area (Å²) >= 11 is 0. The van der Waals surface area contributed by atoms with Crippen LogP contribution in [0, 0.1) is 0 Å². The van der Waals surface area contributed by atoms with E-state index in [1.54, 1.807) is 4.90 Å². The molecule has 3 aromatic rings. The maximum absolute atomic E-state index is 12.6. The van der Waals surface area contributed by atoms with Gasteiger partial charge in [-0.05, 0) is 33.9 Å². The zero-order chi connectivity index (χ0) is 20.9. The van der Waals surface area contributed by atoms with E-state index in [4.69, 9.17) is 0 Å². The SMILES string of the molecule is CN(Cc1cccc2ccccc12)C(=O)NCc1cccc(CN2CCCC2=O)c1. The van der Waals surface area contributed by atoms with Crippen LogP contribution in [0.1, 0.15) is 29.5 Å². The molecule has 1 N–H and O–H groups in total. The van der Waals surface area contributed by atoms with Crippen molar-refractivity contribution in [3.8, 4) is 0 Å². The summed E-state index contributed by atoms with van der Waals surface area (Å²) in [5.74, 6) is 0.226. The van der Waals surface area contributed by atoms with E-state index in [1.165, 1.54) is 10.8 Å². The Hall–Kier alpha value is -3.34. The lowest BCUT2D eigenvalue weighted by Gasteiger charge is -2.20. The number of fused-ring (bicyclic) bond motifs is 1. The fourth-order valence-corrected chi connectivity index (χ4v) is 4.00. The number of hydrogen-bond donors (Lipinski definition) is 1.